The van der Waals surface area contributed by atoms with E-state index in [2.05, 4.69) is 0 Å². The van der Waals surface area contributed by atoms with Crippen molar-refractivity contribution in [1.29, 1.82) is 0 Å². The van der Waals surface area contributed by atoms with Gasteiger partial charge in [0.2, 0.25) is 0 Å². The summed E-state index contributed by atoms with van der Waals surface area (Å²) in [5.41, 5.74) is 1.11. The molecule has 0 amide bonds. The minimum absolute atomic E-state index is 0.155. The Hall–Kier alpha value is -0.550. The summed E-state index contributed by atoms with van der Waals surface area (Å²) in [6.45, 7) is 1.03. The fourth-order valence-electron chi connectivity index (χ4n) is 1.22. The minimum atomic E-state index is -0.458. The van der Waals surface area contributed by atoms with E-state index in [4.69, 9.17) is 9.84 Å². The molecule has 4 heteroatoms. The van der Waals surface area contributed by atoms with Crippen LogP contribution in [-0.4, -0.2) is 41.0 Å². The molecule has 0 saturated heterocycles. The number of rotatable bonds is 8. The lowest BCUT2D eigenvalue weighted by Crippen LogP contribution is -2.18. The van der Waals surface area contributed by atoms with E-state index in [-0.39, 0.29) is 6.61 Å². The van der Waals surface area contributed by atoms with E-state index in [0.29, 0.717) is 24.7 Å². The van der Waals surface area contributed by atoms with Gasteiger partial charge in [0.05, 0.1) is 25.9 Å². The Morgan fingerprint density at radius 3 is 2.69 bits per heavy atom. The van der Waals surface area contributed by atoms with Gasteiger partial charge in [-0.2, -0.15) is 11.8 Å². The fourth-order valence-corrected chi connectivity index (χ4v) is 1.88. The molecule has 2 N–H and O–H groups in total. The first-order chi connectivity index (χ1) is 7.83. The monoisotopic (exact) mass is 242 g/mol. The molecule has 1 atom stereocenters. The molecule has 0 heterocycles. The van der Waals surface area contributed by atoms with Crippen molar-refractivity contribution in [2.75, 3.05) is 24.7 Å². The summed E-state index contributed by atoms with van der Waals surface area (Å²) in [5, 5.41) is 18.1. The summed E-state index contributed by atoms with van der Waals surface area (Å²) in [7, 11) is 0. The largest absolute Gasteiger partial charge is 0.396 e. The first kappa shape index (κ1) is 13.5. The molecule has 0 fully saturated rings. The lowest BCUT2D eigenvalue weighted by molar-refractivity contribution is 0.0398. The van der Waals surface area contributed by atoms with Crippen LogP contribution in [0.5, 0.6) is 0 Å². The van der Waals surface area contributed by atoms with Gasteiger partial charge in [-0.1, -0.05) is 30.3 Å². The van der Waals surface area contributed by atoms with Gasteiger partial charge in [0.25, 0.3) is 0 Å². The molecule has 0 aromatic heterocycles. The molecule has 90 valence electrons. The summed E-state index contributed by atoms with van der Waals surface area (Å²) in [4.78, 5) is 0. The van der Waals surface area contributed by atoms with Gasteiger partial charge in [-0.25, -0.2) is 0 Å². The first-order valence-electron chi connectivity index (χ1n) is 5.31. The van der Waals surface area contributed by atoms with Crippen LogP contribution in [0.15, 0.2) is 30.3 Å². The second-order valence-corrected chi connectivity index (χ2v) is 4.60. The highest BCUT2D eigenvalue weighted by molar-refractivity contribution is 7.99. The van der Waals surface area contributed by atoms with Crippen molar-refractivity contribution in [1.82, 2.24) is 0 Å². The summed E-state index contributed by atoms with van der Waals surface area (Å²) in [6, 6.07) is 9.88. The molecule has 0 spiro atoms. The standard InChI is InChI=1S/C12H18O3S/c13-6-7-16-10-12(14)9-15-8-11-4-2-1-3-5-11/h1-5,12-14H,6-10H2. The van der Waals surface area contributed by atoms with Crippen molar-refractivity contribution >= 4 is 11.8 Å². The van der Waals surface area contributed by atoms with Crippen LogP contribution < -0.4 is 0 Å². The second-order valence-electron chi connectivity index (χ2n) is 3.45. The normalized spacial score (nSPS) is 12.6. The van der Waals surface area contributed by atoms with Crippen molar-refractivity contribution < 1.29 is 14.9 Å². The molecule has 3 nitrogen and oxygen atoms in total. The van der Waals surface area contributed by atoms with E-state index >= 15 is 0 Å². The zero-order chi connectivity index (χ0) is 11.6. The lowest BCUT2D eigenvalue weighted by Gasteiger charge is -2.10. The van der Waals surface area contributed by atoms with Gasteiger partial charge in [0.15, 0.2) is 0 Å². The van der Waals surface area contributed by atoms with Crippen molar-refractivity contribution in [2.45, 2.75) is 12.7 Å². The summed E-state index contributed by atoms with van der Waals surface area (Å²) in [5.74, 6) is 1.27. The Labute approximate surface area is 100 Å². The predicted molar refractivity (Wildman–Crippen MR) is 66.5 cm³/mol. The van der Waals surface area contributed by atoms with Gasteiger partial charge in [-0.05, 0) is 5.56 Å². The van der Waals surface area contributed by atoms with E-state index < -0.39 is 6.10 Å². The Bertz CT molecular complexity index is 266. The Balaban J connectivity index is 2.06. The number of aliphatic hydroxyl groups is 2. The molecule has 0 aliphatic rings. The zero-order valence-corrected chi connectivity index (χ0v) is 10.0. The number of hydrogen-bond acceptors (Lipinski definition) is 4. The molecule has 1 rings (SSSR count). The third-order valence-corrected chi connectivity index (χ3v) is 3.06. The molecule has 0 saturated carbocycles. The third kappa shape index (κ3) is 6.12. The van der Waals surface area contributed by atoms with Crippen LogP contribution in [0.2, 0.25) is 0 Å². The van der Waals surface area contributed by atoms with Gasteiger partial charge in [0.1, 0.15) is 0 Å². The van der Waals surface area contributed by atoms with Crippen molar-refractivity contribution in [3.05, 3.63) is 35.9 Å². The Morgan fingerprint density at radius 2 is 2.00 bits per heavy atom. The van der Waals surface area contributed by atoms with Gasteiger partial charge in [-0.15, -0.1) is 0 Å². The highest BCUT2D eigenvalue weighted by Crippen LogP contribution is 2.04. The highest BCUT2D eigenvalue weighted by Gasteiger charge is 2.04. The fraction of sp³-hybridized carbons (Fsp3) is 0.500. The maximum absolute atomic E-state index is 9.53. The van der Waals surface area contributed by atoms with E-state index in [1.807, 2.05) is 30.3 Å². The average molecular weight is 242 g/mol. The molecule has 0 aliphatic heterocycles. The molecule has 1 unspecified atom stereocenters. The molecule has 0 bridgehead atoms. The molecule has 1 aromatic carbocycles. The van der Waals surface area contributed by atoms with Crippen LogP contribution in [0, 0.1) is 0 Å². The van der Waals surface area contributed by atoms with Gasteiger partial charge >= 0.3 is 0 Å². The quantitative estimate of drug-likeness (QED) is 0.674. The average Bonchev–Trinajstić information content (AvgIpc) is 2.31. The summed E-state index contributed by atoms with van der Waals surface area (Å²) in [6.07, 6.45) is -0.458. The Kier molecular flexibility index (Phi) is 7.25. The van der Waals surface area contributed by atoms with Gasteiger partial charge < -0.3 is 14.9 Å². The van der Waals surface area contributed by atoms with E-state index in [9.17, 15) is 5.11 Å². The first-order valence-corrected chi connectivity index (χ1v) is 6.46. The van der Waals surface area contributed by atoms with Crippen LogP contribution >= 0.6 is 11.8 Å². The number of aliphatic hydroxyl groups excluding tert-OH is 2. The molecule has 1 aromatic rings. The molecular weight excluding hydrogens is 224 g/mol. The third-order valence-electron chi connectivity index (χ3n) is 1.97. The zero-order valence-electron chi connectivity index (χ0n) is 9.21. The molecule has 0 aliphatic carbocycles. The van der Waals surface area contributed by atoms with E-state index in [1.165, 1.54) is 11.8 Å². The van der Waals surface area contributed by atoms with Crippen LogP contribution in [0.4, 0.5) is 0 Å². The number of benzene rings is 1. The maximum atomic E-state index is 9.53. The molecular formula is C12H18O3S. The lowest BCUT2D eigenvalue weighted by atomic mass is 10.2. The molecule has 0 radical (unpaired) electrons. The van der Waals surface area contributed by atoms with Crippen LogP contribution in [0.25, 0.3) is 0 Å². The van der Waals surface area contributed by atoms with Crippen LogP contribution in [0.1, 0.15) is 5.56 Å². The van der Waals surface area contributed by atoms with Crippen LogP contribution in [0.3, 0.4) is 0 Å². The Morgan fingerprint density at radius 1 is 1.25 bits per heavy atom. The minimum Gasteiger partial charge on any atom is -0.396 e. The van der Waals surface area contributed by atoms with E-state index in [0.717, 1.165) is 5.56 Å². The molecule has 16 heavy (non-hydrogen) atoms. The summed E-state index contributed by atoms with van der Waals surface area (Å²) >= 11 is 1.53. The number of hydrogen-bond donors (Lipinski definition) is 2. The van der Waals surface area contributed by atoms with Crippen molar-refractivity contribution in [2.24, 2.45) is 0 Å². The predicted octanol–water partition coefficient (Wildman–Crippen LogP) is 1.29. The number of ether oxygens (including phenoxy) is 1. The summed E-state index contributed by atoms with van der Waals surface area (Å²) < 4.78 is 5.39. The number of thioether (sulfide) groups is 1. The van der Waals surface area contributed by atoms with Crippen molar-refractivity contribution in [3.8, 4) is 0 Å². The highest BCUT2D eigenvalue weighted by atomic mass is 32.2. The van der Waals surface area contributed by atoms with Gasteiger partial charge in [0, 0.05) is 11.5 Å². The smallest absolute Gasteiger partial charge is 0.0863 e. The second kappa shape index (κ2) is 8.58. The van der Waals surface area contributed by atoms with E-state index in [1.54, 1.807) is 0 Å². The maximum Gasteiger partial charge on any atom is 0.0863 e. The van der Waals surface area contributed by atoms with Crippen LogP contribution in [-0.2, 0) is 11.3 Å². The van der Waals surface area contributed by atoms with Gasteiger partial charge in [-0.3, -0.25) is 0 Å². The van der Waals surface area contributed by atoms with Crippen molar-refractivity contribution in [3.63, 3.8) is 0 Å². The topological polar surface area (TPSA) is 49.7 Å². The SMILES string of the molecule is OCCSCC(O)COCc1ccccc1.